The largest absolute Gasteiger partial charge is 0.464 e. The number of rotatable bonds is 7. The second-order valence-corrected chi connectivity index (χ2v) is 9.34. The number of nitrogens with zero attached hydrogens (tertiary/aromatic N) is 3. The number of carbonyl (C=O) groups excluding carboxylic acids is 2. The molecule has 2 aliphatic heterocycles. The van der Waals surface area contributed by atoms with Crippen molar-refractivity contribution in [3.63, 3.8) is 0 Å². The molecule has 3 aromatic rings. The van der Waals surface area contributed by atoms with Gasteiger partial charge in [-0.05, 0) is 66.9 Å². The fourth-order valence-corrected chi connectivity index (χ4v) is 4.91. The Bertz CT molecular complexity index is 1200. The predicted octanol–water partition coefficient (Wildman–Crippen LogP) is 4.07. The van der Waals surface area contributed by atoms with E-state index in [1.165, 1.54) is 5.56 Å². The van der Waals surface area contributed by atoms with E-state index in [2.05, 4.69) is 43.7 Å². The minimum atomic E-state index is -0.379. The maximum atomic E-state index is 11.8. The molecule has 2 aliphatic rings. The lowest BCUT2D eigenvalue weighted by Crippen LogP contribution is -2.38. The summed E-state index contributed by atoms with van der Waals surface area (Å²) >= 11 is 0.891. The lowest BCUT2D eigenvalue weighted by Gasteiger charge is -2.32. The van der Waals surface area contributed by atoms with Gasteiger partial charge >= 0.3 is 0 Å². The first-order valence-corrected chi connectivity index (χ1v) is 12.1. The third-order valence-corrected chi connectivity index (χ3v) is 6.85. The van der Waals surface area contributed by atoms with Gasteiger partial charge < -0.3 is 14.6 Å². The summed E-state index contributed by atoms with van der Waals surface area (Å²) in [5.41, 5.74) is 2.97. The quantitative estimate of drug-likeness (QED) is 0.494. The Morgan fingerprint density at radius 2 is 2.00 bits per heavy atom. The van der Waals surface area contributed by atoms with Crippen LogP contribution in [0.5, 0.6) is 0 Å². The fraction of sp³-hybridized carbons (Fsp3) is 0.280. The van der Waals surface area contributed by atoms with Gasteiger partial charge in [0.25, 0.3) is 11.1 Å². The molecule has 4 heterocycles. The number of hydrogen-bond donors (Lipinski definition) is 2. The van der Waals surface area contributed by atoms with Gasteiger partial charge in [0.1, 0.15) is 5.76 Å². The van der Waals surface area contributed by atoms with E-state index in [-0.39, 0.29) is 11.1 Å². The number of thioether (sulfide) groups is 1. The van der Waals surface area contributed by atoms with Crippen molar-refractivity contribution in [3.8, 4) is 11.3 Å². The molecule has 0 bridgehead atoms. The van der Waals surface area contributed by atoms with E-state index in [0.29, 0.717) is 22.5 Å². The Morgan fingerprint density at radius 3 is 2.76 bits per heavy atom. The molecule has 0 atom stereocenters. The number of aromatic nitrogens is 2. The van der Waals surface area contributed by atoms with Crippen molar-refractivity contribution in [3.05, 3.63) is 71.1 Å². The highest BCUT2D eigenvalue weighted by Gasteiger charge is 2.25. The van der Waals surface area contributed by atoms with Crippen LogP contribution in [0.1, 0.15) is 24.1 Å². The third-order valence-electron chi connectivity index (χ3n) is 6.04. The average Bonchev–Trinajstić information content (AvgIpc) is 3.50. The van der Waals surface area contributed by atoms with E-state index in [9.17, 15) is 9.59 Å². The first-order valence-electron chi connectivity index (χ1n) is 11.3. The molecule has 2 fully saturated rings. The summed E-state index contributed by atoms with van der Waals surface area (Å²) in [4.78, 5) is 34.7. The molecule has 9 heteroatoms. The number of nitrogens with one attached hydrogen (secondary N) is 2. The maximum Gasteiger partial charge on any atom is 0.290 e. The molecule has 34 heavy (non-hydrogen) atoms. The highest BCUT2D eigenvalue weighted by Crippen LogP contribution is 2.27. The Labute approximate surface area is 201 Å². The summed E-state index contributed by atoms with van der Waals surface area (Å²) < 4.78 is 5.58. The molecule has 0 spiro atoms. The van der Waals surface area contributed by atoms with E-state index in [4.69, 9.17) is 4.42 Å². The van der Waals surface area contributed by atoms with E-state index >= 15 is 0 Å². The number of piperidine rings is 1. The number of benzene rings is 1. The molecular weight excluding hydrogens is 450 g/mol. The number of amides is 2. The molecule has 0 saturated carbocycles. The zero-order chi connectivity index (χ0) is 23.3. The molecule has 0 unspecified atom stereocenters. The van der Waals surface area contributed by atoms with Crippen LogP contribution in [0.3, 0.4) is 0 Å². The molecule has 0 radical (unpaired) electrons. The highest BCUT2D eigenvalue weighted by molar-refractivity contribution is 8.18. The Kier molecular flexibility index (Phi) is 6.73. The number of carbonyl (C=O) groups is 2. The fourth-order valence-electron chi connectivity index (χ4n) is 4.24. The first-order chi connectivity index (χ1) is 16.7. The Morgan fingerprint density at radius 1 is 1.15 bits per heavy atom. The van der Waals surface area contributed by atoms with Crippen molar-refractivity contribution >= 4 is 34.9 Å². The van der Waals surface area contributed by atoms with Crippen LogP contribution >= 0.6 is 11.8 Å². The zero-order valence-corrected chi connectivity index (χ0v) is 19.4. The number of hydrogen-bond acceptors (Lipinski definition) is 8. The maximum absolute atomic E-state index is 11.8. The minimum Gasteiger partial charge on any atom is -0.464 e. The number of anilines is 1. The van der Waals surface area contributed by atoms with Crippen molar-refractivity contribution in [2.24, 2.45) is 5.92 Å². The van der Waals surface area contributed by atoms with Crippen molar-refractivity contribution < 1.29 is 14.0 Å². The zero-order valence-electron chi connectivity index (χ0n) is 18.6. The van der Waals surface area contributed by atoms with Gasteiger partial charge in [-0.1, -0.05) is 24.3 Å². The molecule has 2 N–H and O–H groups in total. The monoisotopic (exact) mass is 475 g/mol. The second-order valence-electron chi connectivity index (χ2n) is 8.33. The SMILES string of the molecule is O=C1NC(=O)/C(=C\c2ccnc(N3CCC(CNCc4ccccc4-c4ccco4)CC3)n2)S1. The van der Waals surface area contributed by atoms with Gasteiger partial charge in [-0.15, -0.1) is 0 Å². The lowest BCUT2D eigenvalue weighted by atomic mass is 9.96. The van der Waals surface area contributed by atoms with Gasteiger partial charge in [-0.25, -0.2) is 9.97 Å². The van der Waals surface area contributed by atoms with Gasteiger partial charge in [0, 0.05) is 31.4 Å². The summed E-state index contributed by atoms with van der Waals surface area (Å²) in [5, 5.41) is 5.52. The van der Waals surface area contributed by atoms with Crippen LogP contribution in [0.15, 0.2) is 64.2 Å². The van der Waals surface area contributed by atoms with Crippen LogP contribution in [0.25, 0.3) is 17.4 Å². The number of furan rings is 1. The summed E-state index contributed by atoms with van der Waals surface area (Å²) in [6, 6.07) is 14.0. The molecule has 2 aromatic heterocycles. The first kappa shape index (κ1) is 22.4. The normalized spacial score (nSPS) is 18.0. The summed E-state index contributed by atoms with van der Waals surface area (Å²) in [5.74, 6) is 1.75. The van der Waals surface area contributed by atoms with Crippen LogP contribution in [-0.2, 0) is 11.3 Å². The molecule has 0 aliphatic carbocycles. The Balaban J connectivity index is 1.13. The Hall–Kier alpha value is -3.43. The van der Waals surface area contributed by atoms with Crippen LogP contribution < -0.4 is 15.5 Å². The molecule has 1 aromatic carbocycles. The molecule has 174 valence electrons. The van der Waals surface area contributed by atoms with Gasteiger partial charge in [-0.3, -0.25) is 14.9 Å². The van der Waals surface area contributed by atoms with Gasteiger partial charge in [-0.2, -0.15) is 0 Å². The lowest BCUT2D eigenvalue weighted by molar-refractivity contribution is -0.115. The van der Waals surface area contributed by atoms with Gasteiger partial charge in [0.2, 0.25) is 5.95 Å². The number of imide groups is 1. The van der Waals surface area contributed by atoms with E-state index in [1.807, 2.05) is 18.2 Å². The summed E-state index contributed by atoms with van der Waals surface area (Å²) in [6.45, 7) is 3.50. The average molecular weight is 476 g/mol. The third kappa shape index (κ3) is 5.21. The van der Waals surface area contributed by atoms with Gasteiger partial charge in [0.15, 0.2) is 0 Å². The standard InChI is InChI=1S/C25H25N5O3S/c31-23-22(34-25(32)29-23)14-19-7-10-27-24(28-19)30-11-8-17(9-12-30)15-26-16-18-4-1-2-5-20(18)21-6-3-13-33-21/h1-7,10,13-14,17,26H,8-9,11-12,15-16H2,(H,29,31,32)/b22-14+. The molecule has 2 amide bonds. The van der Waals surface area contributed by atoms with Crippen molar-refractivity contribution in [2.75, 3.05) is 24.5 Å². The summed E-state index contributed by atoms with van der Waals surface area (Å²) in [6.07, 6.45) is 7.13. The van der Waals surface area contributed by atoms with Crippen LogP contribution in [0, 0.1) is 5.92 Å². The van der Waals surface area contributed by atoms with E-state index in [0.717, 1.165) is 62.1 Å². The van der Waals surface area contributed by atoms with E-state index in [1.54, 1.807) is 24.6 Å². The smallest absolute Gasteiger partial charge is 0.290 e. The summed E-state index contributed by atoms with van der Waals surface area (Å²) in [7, 11) is 0. The topological polar surface area (TPSA) is 100 Å². The minimum absolute atomic E-state index is 0.355. The van der Waals surface area contributed by atoms with Crippen LogP contribution in [0.4, 0.5) is 10.7 Å². The van der Waals surface area contributed by atoms with Crippen molar-refractivity contribution in [2.45, 2.75) is 19.4 Å². The second kappa shape index (κ2) is 10.2. The van der Waals surface area contributed by atoms with Crippen LogP contribution in [-0.4, -0.2) is 40.7 Å². The molecule has 2 saturated heterocycles. The van der Waals surface area contributed by atoms with Crippen LogP contribution in [0.2, 0.25) is 0 Å². The van der Waals surface area contributed by atoms with Gasteiger partial charge in [0.05, 0.1) is 16.9 Å². The molecule has 8 nitrogen and oxygen atoms in total. The highest BCUT2D eigenvalue weighted by atomic mass is 32.2. The molecular formula is C25H25N5O3S. The van der Waals surface area contributed by atoms with Crippen molar-refractivity contribution in [1.29, 1.82) is 0 Å². The van der Waals surface area contributed by atoms with Crippen molar-refractivity contribution in [1.82, 2.24) is 20.6 Å². The molecule has 5 rings (SSSR count). The van der Waals surface area contributed by atoms with E-state index < -0.39 is 0 Å². The predicted molar refractivity (Wildman–Crippen MR) is 132 cm³/mol.